The van der Waals surface area contributed by atoms with Crippen LogP contribution in [0.5, 0.6) is 0 Å². The monoisotopic (exact) mass is 300 g/mol. The number of carboxylic acid groups (broad SMARTS) is 1. The molecule has 0 aromatic carbocycles. The molecule has 2 N–H and O–H groups in total. The van der Waals surface area contributed by atoms with Crippen LogP contribution in [0.1, 0.15) is 54.4 Å². The quantitative estimate of drug-likeness (QED) is 0.754. The molecule has 5 heteroatoms. The van der Waals surface area contributed by atoms with Crippen molar-refractivity contribution in [2.24, 2.45) is 0 Å². The summed E-state index contributed by atoms with van der Waals surface area (Å²) in [5.41, 5.74) is -1.13. The summed E-state index contributed by atoms with van der Waals surface area (Å²) in [6.45, 7) is 15.5. The molecule has 1 fully saturated rings. The van der Waals surface area contributed by atoms with Crippen LogP contribution in [0.3, 0.4) is 0 Å². The fourth-order valence-electron chi connectivity index (χ4n) is 3.42. The Kier molecular flexibility index (Phi) is 5.81. The zero-order valence-corrected chi connectivity index (χ0v) is 14.5. The minimum Gasteiger partial charge on any atom is -0.480 e. The van der Waals surface area contributed by atoms with Crippen molar-refractivity contribution in [3.05, 3.63) is 0 Å². The first-order chi connectivity index (χ1) is 9.50. The van der Waals surface area contributed by atoms with E-state index < -0.39 is 11.5 Å². The molecule has 5 nitrogen and oxygen atoms in total. The van der Waals surface area contributed by atoms with Crippen molar-refractivity contribution in [1.29, 1.82) is 0 Å². The smallest absolute Gasteiger partial charge is 0.323 e. The third-order valence-electron chi connectivity index (χ3n) is 3.95. The van der Waals surface area contributed by atoms with Gasteiger partial charge in [-0.1, -0.05) is 6.92 Å². The number of ether oxygens (including phenoxy) is 1. The number of carboxylic acids is 1. The number of aliphatic carboxylic acids is 1. The Morgan fingerprint density at radius 3 is 2.24 bits per heavy atom. The Hall–Kier alpha value is -0.650. The minimum absolute atomic E-state index is 0.153. The summed E-state index contributed by atoms with van der Waals surface area (Å²) >= 11 is 0. The van der Waals surface area contributed by atoms with Crippen LogP contribution in [-0.2, 0) is 9.53 Å². The lowest BCUT2D eigenvalue weighted by Crippen LogP contribution is -2.57. The third kappa shape index (κ3) is 5.57. The molecule has 0 amide bonds. The predicted octanol–water partition coefficient (Wildman–Crippen LogP) is 2.11. The van der Waals surface area contributed by atoms with Crippen LogP contribution in [0.2, 0.25) is 0 Å². The lowest BCUT2D eigenvalue weighted by atomic mass is 9.94. The number of nitrogens with one attached hydrogen (secondary N) is 1. The molecule has 0 spiro atoms. The van der Waals surface area contributed by atoms with Crippen molar-refractivity contribution in [2.75, 3.05) is 26.2 Å². The van der Waals surface area contributed by atoms with E-state index in [0.717, 1.165) is 26.1 Å². The van der Waals surface area contributed by atoms with Crippen molar-refractivity contribution in [3.8, 4) is 0 Å². The number of likely N-dealkylation sites (N-methyl/N-ethyl adjacent to an activating group) is 1. The van der Waals surface area contributed by atoms with Gasteiger partial charge >= 0.3 is 5.97 Å². The normalized spacial score (nSPS) is 24.5. The van der Waals surface area contributed by atoms with Gasteiger partial charge in [0.2, 0.25) is 0 Å². The second-order valence-electron chi connectivity index (χ2n) is 7.60. The maximum absolute atomic E-state index is 11.4. The molecule has 1 heterocycles. The zero-order chi connectivity index (χ0) is 16.3. The Bertz CT molecular complexity index is 353. The number of hydrogen-bond donors (Lipinski definition) is 2. The van der Waals surface area contributed by atoms with Crippen LogP contribution < -0.4 is 5.32 Å². The van der Waals surface area contributed by atoms with Crippen LogP contribution in [0.4, 0.5) is 0 Å². The first-order valence-corrected chi connectivity index (χ1v) is 7.91. The van der Waals surface area contributed by atoms with E-state index in [1.165, 1.54) is 0 Å². The van der Waals surface area contributed by atoms with Gasteiger partial charge in [-0.25, -0.2) is 0 Å². The number of carbonyl (C=O) groups is 1. The average Bonchev–Trinajstić information content (AvgIpc) is 2.24. The first-order valence-electron chi connectivity index (χ1n) is 7.91. The van der Waals surface area contributed by atoms with Crippen LogP contribution in [0.25, 0.3) is 0 Å². The number of hydrogen-bond acceptors (Lipinski definition) is 4. The van der Waals surface area contributed by atoms with E-state index in [0.29, 0.717) is 13.0 Å². The van der Waals surface area contributed by atoms with Gasteiger partial charge in [0.15, 0.2) is 0 Å². The minimum atomic E-state index is -0.827. The Morgan fingerprint density at radius 2 is 1.81 bits per heavy atom. The van der Waals surface area contributed by atoms with Gasteiger partial charge < -0.3 is 15.2 Å². The summed E-state index contributed by atoms with van der Waals surface area (Å²) in [5.74, 6) is -0.771. The topological polar surface area (TPSA) is 61.8 Å². The van der Waals surface area contributed by atoms with Gasteiger partial charge in [-0.05, 0) is 60.5 Å². The van der Waals surface area contributed by atoms with Gasteiger partial charge in [-0.2, -0.15) is 0 Å². The van der Waals surface area contributed by atoms with Crippen LogP contribution in [0, 0.1) is 0 Å². The molecule has 0 bridgehead atoms. The molecule has 0 radical (unpaired) electrons. The molecule has 0 aliphatic carbocycles. The fourth-order valence-corrected chi connectivity index (χ4v) is 3.42. The third-order valence-corrected chi connectivity index (χ3v) is 3.95. The second kappa shape index (κ2) is 6.63. The first kappa shape index (κ1) is 18.4. The zero-order valence-electron chi connectivity index (χ0n) is 14.5. The van der Waals surface area contributed by atoms with Gasteiger partial charge in [0.25, 0.3) is 0 Å². The van der Waals surface area contributed by atoms with Gasteiger partial charge in [-0.3, -0.25) is 9.69 Å². The van der Waals surface area contributed by atoms with Gasteiger partial charge in [0.05, 0.1) is 11.2 Å². The highest BCUT2D eigenvalue weighted by Gasteiger charge is 2.38. The van der Waals surface area contributed by atoms with E-state index >= 15 is 0 Å². The predicted molar refractivity (Wildman–Crippen MR) is 84.6 cm³/mol. The largest absolute Gasteiger partial charge is 0.480 e. The molecule has 1 unspecified atom stereocenters. The average molecular weight is 300 g/mol. The van der Waals surface area contributed by atoms with E-state index in [9.17, 15) is 9.90 Å². The van der Waals surface area contributed by atoms with E-state index in [2.05, 4.69) is 37.9 Å². The summed E-state index contributed by atoms with van der Waals surface area (Å²) in [6.07, 6.45) is 1.50. The van der Waals surface area contributed by atoms with Crippen LogP contribution in [-0.4, -0.2) is 58.9 Å². The highest BCUT2D eigenvalue weighted by molar-refractivity contribution is 5.78. The summed E-state index contributed by atoms with van der Waals surface area (Å²) < 4.78 is 6.07. The molecule has 1 aliphatic rings. The van der Waals surface area contributed by atoms with E-state index in [-0.39, 0.29) is 11.2 Å². The van der Waals surface area contributed by atoms with Crippen LogP contribution >= 0.6 is 0 Å². The van der Waals surface area contributed by atoms with Gasteiger partial charge in [0, 0.05) is 13.1 Å². The molecule has 1 rings (SSSR count). The number of morpholine rings is 1. The van der Waals surface area contributed by atoms with Gasteiger partial charge in [-0.15, -0.1) is 0 Å². The van der Waals surface area contributed by atoms with Crippen molar-refractivity contribution in [2.45, 2.75) is 71.1 Å². The fraction of sp³-hybridized carbons (Fsp3) is 0.938. The van der Waals surface area contributed by atoms with Crippen molar-refractivity contribution >= 4 is 5.97 Å². The number of nitrogens with zero attached hydrogens (tertiary/aromatic N) is 1. The molecule has 1 atom stereocenters. The van der Waals surface area contributed by atoms with Crippen molar-refractivity contribution in [3.63, 3.8) is 0 Å². The Morgan fingerprint density at radius 1 is 1.29 bits per heavy atom. The highest BCUT2D eigenvalue weighted by Crippen LogP contribution is 2.28. The van der Waals surface area contributed by atoms with Gasteiger partial charge in [0.1, 0.15) is 5.54 Å². The summed E-state index contributed by atoms with van der Waals surface area (Å²) in [6, 6.07) is 0. The number of rotatable bonds is 7. The highest BCUT2D eigenvalue weighted by atomic mass is 16.5. The molecule has 0 aromatic heterocycles. The van der Waals surface area contributed by atoms with E-state index in [1.54, 1.807) is 6.92 Å². The standard InChI is InChI=1S/C16H32N2O3/c1-7-17-16(6,13(19)20)9-8-10-18-11-14(2,3)21-15(4,5)12-18/h17H,7-12H2,1-6H3,(H,19,20). The summed E-state index contributed by atoms with van der Waals surface area (Å²) in [5, 5.41) is 12.5. The maximum atomic E-state index is 11.4. The van der Waals surface area contributed by atoms with E-state index in [1.807, 2.05) is 6.92 Å². The van der Waals surface area contributed by atoms with E-state index in [4.69, 9.17) is 4.74 Å². The Balaban J connectivity index is 2.53. The van der Waals surface area contributed by atoms with Crippen LogP contribution in [0.15, 0.2) is 0 Å². The molecular weight excluding hydrogens is 268 g/mol. The van der Waals surface area contributed by atoms with Crippen molar-refractivity contribution < 1.29 is 14.6 Å². The Labute approximate surface area is 129 Å². The SMILES string of the molecule is CCNC(C)(CCCN1CC(C)(C)OC(C)(C)C1)C(=O)O. The lowest BCUT2D eigenvalue weighted by Gasteiger charge is -2.47. The molecule has 0 aromatic rings. The summed E-state index contributed by atoms with van der Waals surface area (Å²) in [4.78, 5) is 13.8. The molecule has 21 heavy (non-hydrogen) atoms. The maximum Gasteiger partial charge on any atom is 0.323 e. The molecule has 1 saturated heterocycles. The molecule has 124 valence electrons. The molecule has 0 saturated carbocycles. The van der Waals surface area contributed by atoms with Crippen molar-refractivity contribution in [1.82, 2.24) is 10.2 Å². The second-order valence-corrected chi connectivity index (χ2v) is 7.60. The molecule has 1 aliphatic heterocycles. The lowest BCUT2D eigenvalue weighted by molar-refractivity contribution is -0.180. The molecular formula is C16H32N2O3. The summed E-state index contributed by atoms with van der Waals surface area (Å²) in [7, 11) is 0.